The lowest BCUT2D eigenvalue weighted by Crippen LogP contribution is -1.89. The quantitative estimate of drug-likeness (QED) is 0.484. The van der Waals surface area contributed by atoms with Crippen LogP contribution in [0, 0.1) is 20.2 Å². The second kappa shape index (κ2) is 5.70. The zero-order valence-corrected chi connectivity index (χ0v) is 10.2. The normalized spacial score (nSPS) is 10.6. The van der Waals surface area contributed by atoms with Gasteiger partial charge < -0.3 is 0 Å². The third kappa shape index (κ3) is 3.22. The molecule has 0 aliphatic heterocycles. The lowest BCUT2D eigenvalue weighted by Gasteiger charge is -1.96. The molecule has 0 saturated carbocycles. The number of hydrogen-bond donors (Lipinski definition) is 0. The number of hydrogen-bond acceptors (Lipinski definition) is 5. The summed E-state index contributed by atoms with van der Waals surface area (Å²) in [5.41, 5.74) is 0.864. The maximum absolute atomic E-state index is 10.6. The van der Waals surface area contributed by atoms with E-state index in [2.05, 4.69) is 4.99 Å². The molecule has 2 aromatic carbocycles. The average Bonchev–Trinajstić information content (AvgIpc) is 2.45. The van der Waals surface area contributed by atoms with Crippen LogP contribution in [-0.2, 0) is 0 Å². The highest BCUT2D eigenvalue weighted by molar-refractivity contribution is 5.83. The molecule has 20 heavy (non-hydrogen) atoms. The topological polar surface area (TPSA) is 98.6 Å². The molecule has 0 aromatic heterocycles. The van der Waals surface area contributed by atoms with Crippen LogP contribution >= 0.6 is 0 Å². The molecule has 2 rings (SSSR count). The Kier molecular flexibility index (Phi) is 3.80. The van der Waals surface area contributed by atoms with Crippen LogP contribution in [0.2, 0.25) is 0 Å². The van der Waals surface area contributed by atoms with E-state index in [0.717, 1.165) is 0 Å². The van der Waals surface area contributed by atoms with Gasteiger partial charge in [-0.25, -0.2) is 0 Å². The highest BCUT2D eigenvalue weighted by atomic mass is 16.6. The third-order valence-electron chi connectivity index (χ3n) is 2.48. The van der Waals surface area contributed by atoms with Crippen molar-refractivity contribution >= 4 is 23.3 Å². The fraction of sp³-hybridized carbons (Fsp3) is 0. The lowest BCUT2D eigenvalue weighted by atomic mass is 10.2. The summed E-state index contributed by atoms with van der Waals surface area (Å²) in [6.45, 7) is 0. The molecule has 0 N–H and O–H groups in total. The Balaban J connectivity index is 2.25. The average molecular weight is 271 g/mol. The van der Waals surface area contributed by atoms with Crippen molar-refractivity contribution in [1.29, 1.82) is 0 Å². The minimum atomic E-state index is -0.508. The van der Waals surface area contributed by atoms with E-state index in [1.54, 1.807) is 18.2 Å². The molecule has 100 valence electrons. The number of nitrogens with zero attached hydrogens (tertiary/aromatic N) is 3. The van der Waals surface area contributed by atoms with Crippen molar-refractivity contribution in [2.75, 3.05) is 0 Å². The van der Waals surface area contributed by atoms with Crippen molar-refractivity contribution < 1.29 is 9.85 Å². The molecule has 7 heteroatoms. The Morgan fingerprint density at radius 3 is 2.15 bits per heavy atom. The van der Waals surface area contributed by atoms with Crippen molar-refractivity contribution in [3.63, 3.8) is 0 Å². The Morgan fingerprint density at radius 1 is 0.900 bits per heavy atom. The molecule has 2 aromatic rings. The number of rotatable bonds is 4. The molecule has 0 amide bonds. The van der Waals surface area contributed by atoms with Crippen molar-refractivity contribution in [1.82, 2.24) is 0 Å². The minimum Gasteiger partial charge on any atom is -0.258 e. The molecule has 0 radical (unpaired) electrons. The van der Waals surface area contributed by atoms with E-state index in [1.807, 2.05) is 0 Å². The highest BCUT2D eigenvalue weighted by Crippen LogP contribution is 2.20. The van der Waals surface area contributed by atoms with E-state index in [0.29, 0.717) is 11.3 Å². The van der Waals surface area contributed by atoms with Crippen LogP contribution in [0.3, 0.4) is 0 Å². The molecule has 0 saturated heterocycles. The number of benzene rings is 2. The number of aliphatic imine (C=N–C) groups is 1. The van der Waals surface area contributed by atoms with E-state index in [4.69, 9.17) is 0 Å². The van der Waals surface area contributed by atoms with Gasteiger partial charge in [-0.05, 0) is 11.6 Å². The van der Waals surface area contributed by atoms with E-state index in [9.17, 15) is 20.2 Å². The van der Waals surface area contributed by atoms with Gasteiger partial charge in [0.2, 0.25) is 0 Å². The van der Waals surface area contributed by atoms with Crippen molar-refractivity contribution in [3.8, 4) is 0 Å². The van der Waals surface area contributed by atoms with Gasteiger partial charge in [0, 0.05) is 30.5 Å². The summed E-state index contributed by atoms with van der Waals surface area (Å²) in [6, 6.07) is 11.8. The van der Waals surface area contributed by atoms with E-state index in [-0.39, 0.29) is 11.4 Å². The van der Waals surface area contributed by atoms with E-state index < -0.39 is 9.85 Å². The van der Waals surface area contributed by atoms with Gasteiger partial charge in [0.15, 0.2) is 0 Å². The molecule has 0 unspecified atom stereocenters. The number of nitro groups is 2. The van der Waals surface area contributed by atoms with Gasteiger partial charge in [-0.2, -0.15) is 0 Å². The summed E-state index contributed by atoms with van der Waals surface area (Å²) in [7, 11) is 0. The van der Waals surface area contributed by atoms with Gasteiger partial charge >= 0.3 is 0 Å². The van der Waals surface area contributed by atoms with Crippen LogP contribution in [0.4, 0.5) is 17.1 Å². The molecular weight excluding hydrogens is 262 g/mol. The SMILES string of the molecule is O=[N+]([O-])c1cccc(C=Nc2cccc([N+](=O)[O-])c2)c1. The highest BCUT2D eigenvalue weighted by Gasteiger charge is 2.05. The number of non-ortho nitro benzene ring substituents is 2. The smallest absolute Gasteiger partial charge is 0.258 e. The van der Waals surface area contributed by atoms with Gasteiger partial charge in [-0.3, -0.25) is 25.2 Å². The number of nitro benzene ring substituents is 2. The van der Waals surface area contributed by atoms with Gasteiger partial charge in [0.1, 0.15) is 0 Å². The first kappa shape index (κ1) is 13.3. The monoisotopic (exact) mass is 271 g/mol. The van der Waals surface area contributed by atoms with Crippen molar-refractivity contribution in [2.24, 2.45) is 4.99 Å². The standard InChI is InChI=1S/C13H9N3O4/c17-15(18)12-5-1-3-10(7-12)9-14-11-4-2-6-13(8-11)16(19)20/h1-9H. The largest absolute Gasteiger partial charge is 0.271 e. The van der Waals surface area contributed by atoms with Gasteiger partial charge in [-0.1, -0.05) is 18.2 Å². The Morgan fingerprint density at radius 2 is 1.50 bits per heavy atom. The minimum absolute atomic E-state index is 0.0343. The zero-order valence-electron chi connectivity index (χ0n) is 10.2. The van der Waals surface area contributed by atoms with Gasteiger partial charge in [0.25, 0.3) is 11.4 Å². The van der Waals surface area contributed by atoms with Crippen LogP contribution in [0.5, 0.6) is 0 Å². The first-order valence-electron chi connectivity index (χ1n) is 5.59. The van der Waals surface area contributed by atoms with E-state index >= 15 is 0 Å². The Hall–Kier alpha value is -3.09. The molecule has 0 spiro atoms. The van der Waals surface area contributed by atoms with Crippen LogP contribution in [-0.4, -0.2) is 16.1 Å². The summed E-state index contributed by atoms with van der Waals surface area (Å²) >= 11 is 0. The van der Waals surface area contributed by atoms with Crippen LogP contribution in [0.1, 0.15) is 5.56 Å². The predicted octanol–water partition coefficient (Wildman–Crippen LogP) is 3.25. The van der Waals surface area contributed by atoms with Crippen LogP contribution < -0.4 is 0 Å². The molecule has 0 heterocycles. The fourth-order valence-electron chi connectivity index (χ4n) is 1.55. The molecule has 7 nitrogen and oxygen atoms in total. The maximum atomic E-state index is 10.6. The zero-order chi connectivity index (χ0) is 14.5. The summed E-state index contributed by atoms with van der Waals surface area (Å²) in [6.07, 6.45) is 1.42. The maximum Gasteiger partial charge on any atom is 0.271 e. The molecule has 0 fully saturated rings. The van der Waals surface area contributed by atoms with E-state index in [1.165, 1.54) is 36.5 Å². The van der Waals surface area contributed by atoms with Crippen LogP contribution in [0.25, 0.3) is 0 Å². The molecular formula is C13H9N3O4. The summed E-state index contributed by atoms with van der Waals surface area (Å²) in [4.78, 5) is 24.3. The first-order chi connectivity index (χ1) is 9.56. The molecule has 0 bridgehead atoms. The second-order valence-corrected chi connectivity index (χ2v) is 3.89. The second-order valence-electron chi connectivity index (χ2n) is 3.89. The third-order valence-corrected chi connectivity index (χ3v) is 2.48. The molecule has 0 aliphatic carbocycles. The fourth-order valence-corrected chi connectivity index (χ4v) is 1.55. The van der Waals surface area contributed by atoms with Crippen LogP contribution in [0.15, 0.2) is 53.5 Å². The lowest BCUT2D eigenvalue weighted by molar-refractivity contribution is -0.385. The summed E-state index contributed by atoms with van der Waals surface area (Å²) in [5, 5.41) is 21.3. The van der Waals surface area contributed by atoms with Gasteiger partial charge in [-0.15, -0.1) is 0 Å². The molecule has 0 aliphatic rings. The molecule has 0 atom stereocenters. The van der Waals surface area contributed by atoms with Crippen molar-refractivity contribution in [3.05, 3.63) is 74.3 Å². The Bertz CT molecular complexity index is 638. The summed E-state index contributed by atoms with van der Waals surface area (Å²) < 4.78 is 0. The van der Waals surface area contributed by atoms with Gasteiger partial charge in [0.05, 0.1) is 15.5 Å². The first-order valence-corrected chi connectivity index (χ1v) is 5.59. The Labute approximate surface area is 113 Å². The van der Waals surface area contributed by atoms with Crippen molar-refractivity contribution in [2.45, 2.75) is 0 Å². The summed E-state index contributed by atoms with van der Waals surface area (Å²) in [5.74, 6) is 0. The predicted molar refractivity (Wildman–Crippen MR) is 73.4 cm³/mol.